The van der Waals surface area contributed by atoms with E-state index in [0.29, 0.717) is 16.9 Å². The van der Waals surface area contributed by atoms with Gasteiger partial charge in [-0.3, -0.25) is 10.1 Å². The van der Waals surface area contributed by atoms with Gasteiger partial charge in [0.1, 0.15) is 12.1 Å². The van der Waals surface area contributed by atoms with Crippen LogP contribution in [0.1, 0.15) is 25.0 Å². The average molecular weight is 491 g/mol. The van der Waals surface area contributed by atoms with Crippen LogP contribution in [0.15, 0.2) is 36.4 Å². The van der Waals surface area contributed by atoms with E-state index in [0.717, 1.165) is 71.1 Å². The third-order valence-electron chi connectivity index (χ3n) is 6.84. The lowest BCUT2D eigenvalue weighted by Gasteiger charge is -2.36. The summed E-state index contributed by atoms with van der Waals surface area (Å²) in [6.45, 7) is 13.9. The smallest absolute Gasteiger partial charge is 0.289 e. The Morgan fingerprint density at radius 3 is 1.67 bits per heavy atom. The van der Waals surface area contributed by atoms with E-state index < -0.39 is 4.92 Å². The highest BCUT2D eigenvalue weighted by Gasteiger charge is 2.23. The Balaban J connectivity index is 0.000000202. The van der Waals surface area contributed by atoms with Gasteiger partial charge < -0.3 is 25.3 Å². The molecule has 2 aromatic rings. The second kappa shape index (κ2) is 12.7. The van der Waals surface area contributed by atoms with E-state index in [9.17, 15) is 15.4 Å². The minimum Gasteiger partial charge on any atom is -0.398 e. The molecule has 0 aliphatic carbocycles. The van der Waals surface area contributed by atoms with Crippen LogP contribution in [0.25, 0.3) is 0 Å². The first-order chi connectivity index (χ1) is 17.4. The molecule has 0 aromatic heterocycles. The highest BCUT2D eigenvalue weighted by Crippen LogP contribution is 2.29. The summed E-state index contributed by atoms with van der Waals surface area (Å²) in [6, 6.07) is 14.7. The molecule has 36 heavy (non-hydrogen) atoms. The molecule has 2 aromatic carbocycles. The van der Waals surface area contributed by atoms with Crippen LogP contribution in [-0.4, -0.2) is 80.2 Å². The van der Waals surface area contributed by atoms with Crippen LogP contribution < -0.4 is 15.5 Å². The molecular weight excluding hydrogens is 456 g/mol. The van der Waals surface area contributed by atoms with E-state index in [2.05, 4.69) is 39.5 Å². The van der Waals surface area contributed by atoms with E-state index in [1.165, 1.54) is 6.07 Å². The van der Waals surface area contributed by atoms with Gasteiger partial charge in [-0.25, -0.2) is 0 Å². The van der Waals surface area contributed by atoms with E-state index in [4.69, 9.17) is 11.0 Å². The Morgan fingerprint density at radius 1 is 0.806 bits per heavy atom. The molecule has 0 radical (unpaired) electrons. The lowest BCUT2D eigenvalue weighted by Crippen LogP contribution is -2.46. The number of nitrogens with two attached hydrogens (primary N) is 1. The summed E-state index contributed by atoms with van der Waals surface area (Å²) in [5.41, 5.74) is 8.71. The van der Waals surface area contributed by atoms with Gasteiger partial charge in [0.2, 0.25) is 0 Å². The van der Waals surface area contributed by atoms with Gasteiger partial charge in [-0.15, -0.1) is 0 Å². The lowest BCUT2D eigenvalue weighted by atomic mass is 10.1. The molecule has 0 atom stereocenters. The number of hydrogen-bond donors (Lipinski definition) is 1. The number of nitro groups is 1. The molecule has 0 amide bonds. The number of hydrogen-bond acceptors (Lipinski definition) is 9. The molecule has 2 fully saturated rings. The summed E-state index contributed by atoms with van der Waals surface area (Å²) in [6.07, 6.45) is 0. The summed E-state index contributed by atoms with van der Waals surface area (Å²) >= 11 is 0. The molecule has 10 nitrogen and oxygen atoms in total. The van der Waals surface area contributed by atoms with Crippen LogP contribution in [0.4, 0.5) is 22.7 Å². The van der Waals surface area contributed by atoms with Crippen molar-refractivity contribution >= 4 is 22.7 Å². The molecule has 4 rings (SSSR count). The highest BCUT2D eigenvalue weighted by molar-refractivity contribution is 5.70. The van der Waals surface area contributed by atoms with E-state index in [1.54, 1.807) is 18.2 Å². The maximum atomic E-state index is 10.9. The Morgan fingerprint density at radius 2 is 1.25 bits per heavy atom. The molecule has 0 spiro atoms. The van der Waals surface area contributed by atoms with Crippen molar-refractivity contribution in [1.82, 2.24) is 9.80 Å². The number of anilines is 3. The molecule has 10 heteroatoms. The second-order valence-electron chi connectivity index (χ2n) is 8.74. The fourth-order valence-corrected chi connectivity index (χ4v) is 4.61. The maximum absolute atomic E-state index is 10.9. The van der Waals surface area contributed by atoms with E-state index in [1.807, 2.05) is 18.2 Å². The SMILES string of the molecule is CCN1CCN(c2cccc(N)c2C#N)CC1.CCN1CCN(c2cccc([N+](=O)[O-])c2C#N)CC1. The molecular formula is C26H34N8O2. The standard InChI is InChI=1S/C13H16N4O2.C13H18N4/c1-2-15-6-8-16(9-7-15)12-4-3-5-13(17(18)19)11(12)10-14;1-2-16-6-8-17(9-7-16)13-5-3-4-12(15)11(13)10-14/h3-5H,2,6-9H2,1H3;3-5H,2,6-9,15H2,1H3. The zero-order chi connectivity index (χ0) is 26.1. The van der Waals surface area contributed by atoms with E-state index >= 15 is 0 Å². The van der Waals surface area contributed by atoms with Gasteiger partial charge in [0.15, 0.2) is 5.56 Å². The number of nitrogens with zero attached hydrogens (tertiary/aromatic N) is 7. The van der Waals surface area contributed by atoms with E-state index in [-0.39, 0.29) is 11.3 Å². The summed E-state index contributed by atoms with van der Waals surface area (Å²) in [7, 11) is 0. The molecule has 2 heterocycles. The van der Waals surface area contributed by atoms with Gasteiger partial charge >= 0.3 is 0 Å². The molecule has 2 aliphatic heterocycles. The zero-order valence-electron chi connectivity index (χ0n) is 21.1. The fraction of sp³-hybridized carbons (Fsp3) is 0.462. The predicted octanol–water partition coefficient (Wildman–Crippen LogP) is 2.89. The van der Waals surface area contributed by atoms with Crippen molar-refractivity contribution in [3.8, 4) is 12.1 Å². The summed E-state index contributed by atoms with van der Waals surface area (Å²) in [4.78, 5) is 19.5. The fourth-order valence-electron chi connectivity index (χ4n) is 4.61. The van der Waals surface area contributed by atoms with Crippen LogP contribution in [0, 0.1) is 32.8 Å². The molecule has 2 aliphatic rings. The topological polar surface area (TPSA) is 130 Å². The number of piperazine rings is 2. The van der Waals surface area contributed by atoms with Crippen LogP contribution in [-0.2, 0) is 0 Å². The van der Waals surface area contributed by atoms with Gasteiger partial charge in [0.25, 0.3) is 5.69 Å². The zero-order valence-corrected chi connectivity index (χ0v) is 21.1. The van der Waals surface area contributed by atoms with Crippen LogP contribution in [0.5, 0.6) is 0 Å². The third kappa shape index (κ3) is 6.22. The molecule has 0 bridgehead atoms. The van der Waals surface area contributed by atoms with Crippen molar-refractivity contribution in [3.05, 3.63) is 57.6 Å². The normalized spacial score (nSPS) is 16.4. The van der Waals surface area contributed by atoms with Crippen LogP contribution in [0.2, 0.25) is 0 Å². The first-order valence-corrected chi connectivity index (χ1v) is 12.3. The summed E-state index contributed by atoms with van der Waals surface area (Å²) in [5.74, 6) is 0. The first kappa shape index (κ1) is 26.7. The van der Waals surface area contributed by atoms with Gasteiger partial charge in [-0.05, 0) is 31.3 Å². The minimum atomic E-state index is -0.496. The Hall–Kier alpha value is -3.86. The largest absolute Gasteiger partial charge is 0.398 e. The number of nitrogen functional groups attached to an aromatic ring is 1. The predicted molar refractivity (Wildman–Crippen MR) is 142 cm³/mol. The third-order valence-corrected chi connectivity index (χ3v) is 6.84. The monoisotopic (exact) mass is 490 g/mol. The molecule has 0 saturated carbocycles. The minimum absolute atomic E-state index is 0.113. The Labute approximate surface area is 212 Å². The number of nitro benzene ring substituents is 1. The number of nitriles is 2. The van der Waals surface area contributed by atoms with Crippen molar-refractivity contribution in [2.24, 2.45) is 0 Å². The molecule has 2 N–H and O–H groups in total. The first-order valence-electron chi connectivity index (χ1n) is 12.3. The molecule has 0 unspecified atom stereocenters. The maximum Gasteiger partial charge on any atom is 0.289 e. The Bertz CT molecular complexity index is 1120. The van der Waals surface area contributed by atoms with Crippen molar-refractivity contribution in [3.63, 3.8) is 0 Å². The average Bonchev–Trinajstić information content (AvgIpc) is 2.92. The summed E-state index contributed by atoms with van der Waals surface area (Å²) in [5, 5.41) is 29.3. The van der Waals surface area contributed by atoms with Crippen molar-refractivity contribution in [2.75, 3.05) is 81.0 Å². The molecule has 190 valence electrons. The lowest BCUT2D eigenvalue weighted by molar-refractivity contribution is -0.385. The summed E-state index contributed by atoms with van der Waals surface area (Å²) < 4.78 is 0. The highest BCUT2D eigenvalue weighted by atomic mass is 16.6. The van der Waals surface area contributed by atoms with Gasteiger partial charge in [0, 0.05) is 58.4 Å². The quantitative estimate of drug-likeness (QED) is 0.382. The second-order valence-corrected chi connectivity index (χ2v) is 8.74. The van der Waals surface area contributed by atoms with Crippen LogP contribution >= 0.6 is 0 Å². The van der Waals surface area contributed by atoms with Crippen molar-refractivity contribution in [1.29, 1.82) is 10.5 Å². The number of rotatable bonds is 5. The van der Waals surface area contributed by atoms with Gasteiger partial charge in [-0.2, -0.15) is 10.5 Å². The van der Waals surface area contributed by atoms with Gasteiger partial charge in [0.05, 0.1) is 27.5 Å². The number of benzene rings is 2. The Kier molecular flexibility index (Phi) is 9.46. The van der Waals surface area contributed by atoms with Crippen molar-refractivity contribution < 1.29 is 4.92 Å². The van der Waals surface area contributed by atoms with Gasteiger partial charge in [-0.1, -0.05) is 26.0 Å². The van der Waals surface area contributed by atoms with Crippen LogP contribution in [0.3, 0.4) is 0 Å². The van der Waals surface area contributed by atoms with Crippen molar-refractivity contribution in [2.45, 2.75) is 13.8 Å². The molecule has 2 saturated heterocycles. The number of likely N-dealkylation sites (N-methyl/N-ethyl adjacent to an activating group) is 2.